The molecule has 6 nitrogen and oxygen atoms in total. The Morgan fingerprint density at radius 1 is 1.16 bits per heavy atom. The van der Waals surface area contributed by atoms with Gasteiger partial charge in [0.2, 0.25) is 5.91 Å². The van der Waals surface area contributed by atoms with Crippen molar-refractivity contribution < 1.29 is 9.53 Å². The summed E-state index contributed by atoms with van der Waals surface area (Å²) < 4.78 is 5.65. The van der Waals surface area contributed by atoms with E-state index in [1.807, 2.05) is 26.1 Å². The Bertz CT molecular complexity index is 911. The van der Waals surface area contributed by atoms with Crippen LogP contribution < -0.4 is 5.32 Å². The molecule has 3 heterocycles. The Kier molecular flexibility index (Phi) is 6.28. The second-order valence-corrected chi connectivity index (χ2v) is 9.38. The van der Waals surface area contributed by atoms with Crippen molar-refractivity contribution in [1.29, 1.82) is 0 Å². The molecule has 2 saturated heterocycles. The van der Waals surface area contributed by atoms with Crippen molar-refractivity contribution in [3.63, 3.8) is 0 Å². The minimum Gasteiger partial charge on any atom is -0.381 e. The first-order chi connectivity index (χ1) is 14.9. The molecule has 0 bridgehead atoms. The van der Waals surface area contributed by atoms with Gasteiger partial charge in [-0.25, -0.2) is 9.97 Å². The molecule has 1 atom stereocenters. The number of aryl methyl sites for hydroxylation is 1. The van der Waals surface area contributed by atoms with Crippen LogP contribution in [0.4, 0.5) is 5.82 Å². The van der Waals surface area contributed by atoms with Crippen LogP contribution in [0, 0.1) is 12.3 Å². The van der Waals surface area contributed by atoms with Crippen molar-refractivity contribution in [1.82, 2.24) is 14.9 Å². The molecule has 4 rings (SSSR count). The molecule has 0 aliphatic carbocycles. The van der Waals surface area contributed by atoms with Crippen LogP contribution in [0.15, 0.2) is 36.4 Å². The number of ether oxygens (including phenoxy) is 1. The van der Waals surface area contributed by atoms with Gasteiger partial charge in [0.25, 0.3) is 0 Å². The lowest BCUT2D eigenvalue weighted by Crippen LogP contribution is -2.54. The molecule has 0 spiro atoms. The van der Waals surface area contributed by atoms with Gasteiger partial charge in [-0.3, -0.25) is 4.79 Å². The summed E-state index contributed by atoms with van der Waals surface area (Å²) >= 11 is 0. The van der Waals surface area contributed by atoms with Gasteiger partial charge in [-0.05, 0) is 44.6 Å². The Balaban J connectivity index is 1.60. The largest absolute Gasteiger partial charge is 0.381 e. The number of nitrogens with zero attached hydrogens (tertiary/aromatic N) is 3. The maximum Gasteiger partial charge on any atom is 0.229 e. The van der Waals surface area contributed by atoms with Crippen LogP contribution in [-0.4, -0.2) is 54.1 Å². The Morgan fingerprint density at radius 3 is 2.61 bits per heavy atom. The lowest BCUT2D eigenvalue weighted by atomic mass is 9.72. The van der Waals surface area contributed by atoms with Gasteiger partial charge >= 0.3 is 0 Å². The minimum atomic E-state index is -0.379. The number of hydrogen-bond acceptors (Lipinski definition) is 5. The van der Waals surface area contributed by atoms with Gasteiger partial charge in [-0.15, -0.1) is 0 Å². The number of carbonyl (C=O) groups excluding carboxylic acids is 1. The Morgan fingerprint density at radius 2 is 1.90 bits per heavy atom. The van der Waals surface area contributed by atoms with E-state index in [0.717, 1.165) is 56.0 Å². The van der Waals surface area contributed by atoms with Gasteiger partial charge in [0.05, 0.1) is 11.1 Å². The van der Waals surface area contributed by atoms with Crippen molar-refractivity contribution in [3.8, 4) is 0 Å². The van der Waals surface area contributed by atoms with Gasteiger partial charge < -0.3 is 15.0 Å². The molecular formula is C25H34N4O2. The third-order valence-corrected chi connectivity index (χ3v) is 6.99. The lowest BCUT2D eigenvalue weighted by Gasteiger charge is -2.45. The van der Waals surface area contributed by atoms with Crippen molar-refractivity contribution in [2.24, 2.45) is 5.41 Å². The number of aromatic nitrogens is 2. The number of rotatable bonds is 5. The maximum atomic E-state index is 14.0. The SMILES string of the molecule is CNc1cc([C@]2(C)CCCN(C(=O)C3(Cc4ccccc4)CCOCC3)C2)nc(C)n1. The standard InChI is InChI=1S/C25H34N4O2/c1-19-27-21(16-22(26-3)28-19)24(2)10-7-13-29(18-24)23(30)25(11-14-31-15-12-25)17-20-8-5-4-6-9-20/h4-6,8-9,16H,7,10-15,17-18H2,1-3H3,(H,26,27,28)/t24-/m1/s1. The molecular weight excluding hydrogens is 388 g/mol. The number of benzene rings is 1. The zero-order valence-electron chi connectivity index (χ0n) is 19.0. The highest BCUT2D eigenvalue weighted by Gasteiger charge is 2.45. The summed E-state index contributed by atoms with van der Waals surface area (Å²) in [6, 6.07) is 12.4. The fraction of sp³-hybridized carbons (Fsp3) is 0.560. The number of anilines is 1. The highest BCUT2D eigenvalue weighted by molar-refractivity contribution is 5.83. The average Bonchev–Trinajstić information content (AvgIpc) is 2.79. The van der Waals surface area contributed by atoms with Crippen LogP contribution in [0.25, 0.3) is 0 Å². The van der Waals surface area contributed by atoms with Gasteiger partial charge in [0.15, 0.2) is 0 Å². The highest BCUT2D eigenvalue weighted by atomic mass is 16.5. The first kappa shape index (κ1) is 21.8. The molecule has 166 valence electrons. The third kappa shape index (κ3) is 4.59. The predicted molar refractivity (Wildman–Crippen MR) is 122 cm³/mol. The van der Waals surface area contributed by atoms with Gasteiger partial charge in [0, 0.05) is 44.8 Å². The van der Waals surface area contributed by atoms with E-state index < -0.39 is 0 Å². The second-order valence-electron chi connectivity index (χ2n) is 9.38. The first-order valence-corrected chi connectivity index (χ1v) is 11.4. The molecule has 6 heteroatoms. The number of amides is 1. The van der Waals surface area contributed by atoms with Crippen molar-refractivity contribution >= 4 is 11.7 Å². The van der Waals surface area contributed by atoms with E-state index in [0.29, 0.717) is 19.8 Å². The summed E-state index contributed by atoms with van der Waals surface area (Å²) in [5.41, 5.74) is 1.69. The van der Waals surface area contributed by atoms with E-state index >= 15 is 0 Å². The summed E-state index contributed by atoms with van der Waals surface area (Å²) in [7, 11) is 1.88. The number of hydrogen-bond donors (Lipinski definition) is 1. The summed E-state index contributed by atoms with van der Waals surface area (Å²) in [6.07, 6.45) is 4.35. The lowest BCUT2D eigenvalue weighted by molar-refractivity contribution is -0.150. The molecule has 2 aromatic rings. The van der Waals surface area contributed by atoms with E-state index in [2.05, 4.69) is 46.4 Å². The zero-order chi connectivity index (χ0) is 21.9. The van der Waals surface area contributed by atoms with E-state index in [-0.39, 0.29) is 16.7 Å². The van der Waals surface area contributed by atoms with Crippen LogP contribution >= 0.6 is 0 Å². The molecule has 2 aliphatic rings. The monoisotopic (exact) mass is 422 g/mol. The quantitative estimate of drug-likeness (QED) is 0.795. The molecule has 1 amide bonds. The molecule has 0 unspecified atom stereocenters. The normalized spacial score (nSPS) is 23.4. The van der Waals surface area contributed by atoms with E-state index in [9.17, 15) is 4.79 Å². The van der Waals surface area contributed by atoms with Crippen LogP contribution in [0.3, 0.4) is 0 Å². The van der Waals surface area contributed by atoms with Gasteiger partial charge in [0.1, 0.15) is 11.6 Å². The third-order valence-electron chi connectivity index (χ3n) is 6.99. The summed E-state index contributed by atoms with van der Waals surface area (Å²) in [5, 5.41) is 3.14. The summed E-state index contributed by atoms with van der Waals surface area (Å²) in [6.45, 7) is 6.98. The van der Waals surface area contributed by atoms with Crippen LogP contribution in [0.5, 0.6) is 0 Å². The van der Waals surface area contributed by atoms with Gasteiger partial charge in [-0.2, -0.15) is 0 Å². The molecule has 1 aromatic carbocycles. The molecule has 0 saturated carbocycles. The smallest absolute Gasteiger partial charge is 0.229 e. The predicted octanol–water partition coefficient (Wildman–Crippen LogP) is 3.75. The maximum absolute atomic E-state index is 14.0. The fourth-order valence-corrected chi connectivity index (χ4v) is 5.18. The fourth-order valence-electron chi connectivity index (χ4n) is 5.18. The molecule has 1 aromatic heterocycles. The number of carbonyl (C=O) groups is 1. The van der Waals surface area contributed by atoms with Crippen LogP contribution in [-0.2, 0) is 21.4 Å². The number of nitrogens with one attached hydrogen (secondary N) is 1. The van der Waals surface area contributed by atoms with Crippen molar-refractivity contribution in [2.75, 3.05) is 38.7 Å². The zero-order valence-corrected chi connectivity index (χ0v) is 19.0. The van der Waals surface area contributed by atoms with Gasteiger partial charge in [-0.1, -0.05) is 37.3 Å². The summed E-state index contributed by atoms with van der Waals surface area (Å²) in [5.74, 6) is 1.87. The average molecular weight is 423 g/mol. The van der Waals surface area contributed by atoms with E-state index in [1.54, 1.807) is 0 Å². The molecule has 31 heavy (non-hydrogen) atoms. The van der Waals surface area contributed by atoms with Crippen molar-refractivity contribution in [3.05, 3.63) is 53.5 Å². The Labute approximate surface area is 185 Å². The van der Waals surface area contributed by atoms with Crippen LogP contribution in [0.1, 0.15) is 49.7 Å². The molecule has 1 N–H and O–H groups in total. The van der Waals surface area contributed by atoms with Crippen LogP contribution in [0.2, 0.25) is 0 Å². The topological polar surface area (TPSA) is 67.4 Å². The van der Waals surface area contributed by atoms with Crippen molar-refractivity contribution in [2.45, 2.75) is 51.4 Å². The Hall–Kier alpha value is -2.47. The highest BCUT2D eigenvalue weighted by Crippen LogP contribution is 2.40. The number of likely N-dealkylation sites (tertiary alicyclic amines) is 1. The molecule has 2 fully saturated rings. The molecule has 2 aliphatic heterocycles. The second kappa shape index (κ2) is 8.95. The first-order valence-electron chi connectivity index (χ1n) is 11.4. The summed E-state index contributed by atoms with van der Waals surface area (Å²) in [4.78, 5) is 25.3. The van der Waals surface area contributed by atoms with E-state index in [1.165, 1.54) is 5.56 Å². The number of piperidine rings is 1. The minimum absolute atomic E-state index is 0.174. The van der Waals surface area contributed by atoms with E-state index in [4.69, 9.17) is 9.72 Å². The molecule has 0 radical (unpaired) electrons.